The fraction of sp³-hybridized carbons (Fsp3) is 0.200. The number of amides is 2. The van der Waals surface area contributed by atoms with Crippen LogP contribution in [0.3, 0.4) is 0 Å². The highest BCUT2D eigenvalue weighted by Crippen LogP contribution is 2.39. The van der Waals surface area contributed by atoms with Crippen molar-refractivity contribution in [2.24, 2.45) is 0 Å². The Bertz CT molecular complexity index is 859. The van der Waals surface area contributed by atoms with Crippen molar-refractivity contribution in [1.82, 2.24) is 5.32 Å². The smallest absolute Gasteiger partial charge is 0.262 e. The van der Waals surface area contributed by atoms with Gasteiger partial charge in [0.1, 0.15) is 0 Å². The van der Waals surface area contributed by atoms with Crippen LogP contribution in [0.25, 0.3) is 6.08 Å². The van der Waals surface area contributed by atoms with E-state index in [-0.39, 0.29) is 11.8 Å². The summed E-state index contributed by atoms with van der Waals surface area (Å²) in [7, 11) is 0. The topological polar surface area (TPSA) is 58.2 Å². The van der Waals surface area contributed by atoms with E-state index >= 15 is 0 Å². The van der Waals surface area contributed by atoms with E-state index in [0.29, 0.717) is 22.7 Å². The highest BCUT2D eigenvalue weighted by atomic mass is 32.2. The highest BCUT2D eigenvalue weighted by Gasteiger charge is 2.22. The molecule has 0 unspecified atom stereocenters. The zero-order valence-corrected chi connectivity index (χ0v) is 15.1. The van der Waals surface area contributed by atoms with Crippen molar-refractivity contribution in [3.05, 3.63) is 64.1 Å². The van der Waals surface area contributed by atoms with Crippen LogP contribution < -0.4 is 10.6 Å². The van der Waals surface area contributed by atoms with E-state index in [4.69, 9.17) is 0 Å². The van der Waals surface area contributed by atoms with Crippen LogP contribution in [0.1, 0.15) is 34.8 Å². The fourth-order valence-corrected chi connectivity index (χ4v) is 3.49. The van der Waals surface area contributed by atoms with Crippen molar-refractivity contribution in [2.45, 2.75) is 25.2 Å². The summed E-state index contributed by atoms with van der Waals surface area (Å²) in [5.74, 6) is -0.268. The molecule has 0 bridgehead atoms. The number of rotatable bonds is 4. The molecule has 1 heterocycles. The van der Waals surface area contributed by atoms with Crippen molar-refractivity contribution in [3.8, 4) is 0 Å². The molecule has 1 aliphatic rings. The average Bonchev–Trinajstić information content (AvgIpc) is 2.60. The second-order valence-electron chi connectivity index (χ2n) is 5.95. The highest BCUT2D eigenvalue weighted by molar-refractivity contribution is 8.04. The van der Waals surface area contributed by atoms with Gasteiger partial charge in [-0.25, -0.2) is 0 Å². The van der Waals surface area contributed by atoms with Gasteiger partial charge in [0.2, 0.25) is 0 Å². The molecule has 0 aliphatic carbocycles. The molecule has 2 aromatic carbocycles. The second-order valence-corrected chi connectivity index (χ2v) is 7.03. The Labute approximate surface area is 151 Å². The minimum absolute atomic E-state index is 0.120. The summed E-state index contributed by atoms with van der Waals surface area (Å²) in [6.45, 7) is 4.67. The number of thioether (sulfide) groups is 1. The summed E-state index contributed by atoms with van der Waals surface area (Å²) in [6.07, 6.45) is 2.77. The summed E-state index contributed by atoms with van der Waals surface area (Å²) >= 11 is 1.42. The van der Waals surface area contributed by atoms with Gasteiger partial charge < -0.3 is 10.6 Å². The minimum Gasteiger partial charge on any atom is -0.352 e. The van der Waals surface area contributed by atoms with Gasteiger partial charge in [0.15, 0.2) is 0 Å². The Morgan fingerprint density at radius 1 is 1.24 bits per heavy atom. The molecule has 0 spiro atoms. The summed E-state index contributed by atoms with van der Waals surface area (Å²) in [4.78, 5) is 26.0. The van der Waals surface area contributed by atoms with Gasteiger partial charge in [0.25, 0.3) is 11.8 Å². The quantitative estimate of drug-likeness (QED) is 0.810. The number of hydrogen-bond donors (Lipinski definition) is 2. The number of anilines is 1. The maximum absolute atomic E-state index is 12.4. The first-order chi connectivity index (χ1) is 12.1. The first-order valence-corrected chi connectivity index (χ1v) is 9.08. The number of benzene rings is 2. The van der Waals surface area contributed by atoms with Gasteiger partial charge in [-0.3, -0.25) is 9.59 Å². The van der Waals surface area contributed by atoms with Gasteiger partial charge in [0.05, 0.1) is 10.6 Å². The molecule has 0 saturated carbocycles. The lowest BCUT2D eigenvalue weighted by molar-refractivity contribution is -0.112. The molecular weight excluding hydrogens is 332 g/mol. The predicted molar refractivity (Wildman–Crippen MR) is 103 cm³/mol. The Kier molecular flexibility index (Phi) is 5.24. The molecule has 4 nitrogen and oxygen atoms in total. The average molecular weight is 352 g/mol. The molecule has 0 saturated heterocycles. The molecule has 3 rings (SSSR count). The number of hydrogen-bond acceptors (Lipinski definition) is 3. The van der Waals surface area contributed by atoms with E-state index in [1.54, 1.807) is 12.1 Å². The standard InChI is InChI=1S/C20H20N2O2S/c1-3-9-21-19(23)15-7-8-17-16(12-15)22-20(24)18(25-17)11-14-6-4-5-13(2)10-14/h4-8,10-12H,3,9H2,1-2H3,(H,21,23)(H,22,24)/b18-11+. The third kappa shape index (κ3) is 4.12. The lowest BCUT2D eigenvalue weighted by atomic mass is 10.1. The molecule has 25 heavy (non-hydrogen) atoms. The van der Waals surface area contributed by atoms with Gasteiger partial charge in [-0.15, -0.1) is 0 Å². The molecule has 128 valence electrons. The summed E-state index contributed by atoms with van der Waals surface area (Å²) in [6, 6.07) is 13.4. The third-order valence-corrected chi connectivity index (χ3v) is 4.91. The molecule has 0 aromatic heterocycles. The van der Waals surface area contributed by atoms with E-state index in [9.17, 15) is 9.59 Å². The molecule has 0 radical (unpaired) electrons. The Morgan fingerprint density at radius 3 is 2.84 bits per heavy atom. The van der Waals surface area contributed by atoms with Gasteiger partial charge in [-0.1, -0.05) is 48.5 Å². The first-order valence-electron chi connectivity index (χ1n) is 8.26. The number of carbonyl (C=O) groups is 2. The van der Waals surface area contributed by atoms with Crippen LogP contribution >= 0.6 is 11.8 Å². The summed E-state index contributed by atoms with van der Waals surface area (Å²) in [5, 5.41) is 5.73. The molecule has 2 amide bonds. The minimum atomic E-state index is -0.148. The maximum atomic E-state index is 12.4. The van der Waals surface area contributed by atoms with E-state index < -0.39 is 0 Å². The first kappa shape index (κ1) is 17.3. The van der Waals surface area contributed by atoms with Gasteiger partial charge in [-0.2, -0.15) is 0 Å². The summed E-state index contributed by atoms with van der Waals surface area (Å²) in [5.41, 5.74) is 3.38. The van der Waals surface area contributed by atoms with Crippen molar-refractivity contribution >= 4 is 35.3 Å². The van der Waals surface area contributed by atoms with Crippen molar-refractivity contribution in [3.63, 3.8) is 0 Å². The van der Waals surface area contributed by atoms with Gasteiger partial charge >= 0.3 is 0 Å². The molecule has 1 aliphatic heterocycles. The van der Waals surface area contributed by atoms with Crippen molar-refractivity contribution < 1.29 is 9.59 Å². The zero-order chi connectivity index (χ0) is 17.8. The van der Waals surface area contributed by atoms with E-state index in [1.807, 2.05) is 50.3 Å². The predicted octanol–water partition coefficient (Wildman–Crippen LogP) is 4.22. The van der Waals surface area contributed by atoms with Crippen LogP contribution in [-0.4, -0.2) is 18.4 Å². The van der Waals surface area contributed by atoms with Crippen LogP contribution in [-0.2, 0) is 4.79 Å². The SMILES string of the molecule is CCCNC(=O)c1ccc2c(c1)NC(=O)/C(=C\c1cccc(C)c1)S2. The lowest BCUT2D eigenvalue weighted by Crippen LogP contribution is -2.24. The van der Waals surface area contributed by atoms with Crippen LogP contribution in [0.2, 0.25) is 0 Å². The fourth-order valence-electron chi connectivity index (χ4n) is 2.55. The molecule has 5 heteroatoms. The molecule has 2 N–H and O–H groups in total. The Morgan fingerprint density at radius 2 is 2.08 bits per heavy atom. The maximum Gasteiger partial charge on any atom is 0.262 e. The Balaban J connectivity index is 1.84. The van der Waals surface area contributed by atoms with Gasteiger partial charge in [0, 0.05) is 17.0 Å². The van der Waals surface area contributed by atoms with Crippen LogP contribution in [0.15, 0.2) is 52.3 Å². The molecule has 2 aromatic rings. The number of carbonyl (C=O) groups excluding carboxylic acids is 2. The van der Waals surface area contributed by atoms with E-state index in [2.05, 4.69) is 10.6 Å². The molecule has 0 fully saturated rings. The zero-order valence-electron chi connectivity index (χ0n) is 14.3. The molecule has 0 atom stereocenters. The normalized spacial score (nSPS) is 14.8. The van der Waals surface area contributed by atoms with Crippen molar-refractivity contribution in [2.75, 3.05) is 11.9 Å². The van der Waals surface area contributed by atoms with E-state index in [0.717, 1.165) is 22.4 Å². The van der Waals surface area contributed by atoms with Crippen LogP contribution in [0.4, 0.5) is 5.69 Å². The van der Waals surface area contributed by atoms with Crippen LogP contribution in [0, 0.1) is 6.92 Å². The number of aryl methyl sites for hydroxylation is 1. The van der Waals surface area contributed by atoms with Crippen LogP contribution in [0.5, 0.6) is 0 Å². The third-order valence-electron chi connectivity index (χ3n) is 3.81. The number of fused-ring (bicyclic) bond motifs is 1. The second kappa shape index (κ2) is 7.57. The van der Waals surface area contributed by atoms with E-state index in [1.165, 1.54) is 11.8 Å². The Hall–Kier alpha value is -2.53. The van der Waals surface area contributed by atoms with Gasteiger partial charge in [-0.05, 0) is 43.2 Å². The monoisotopic (exact) mass is 352 g/mol. The lowest BCUT2D eigenvalue weighted by Gasteiger charge is -2.19. The summed E-state index contributed by atoms with van der Waals surface area (Å²) < 4.78 is 0. The number of nitrogens with one attached hydrogen (secondary N) is 2. The van der Waals surface area contributed by atoms with Crippen molar-refractivity contribution in [1.29, 1.82) is 0 Å². The molecular formula is C20H20N2O2S. The largest absolute Gasteiger partial charge is 0.352 e.